The van der Waals surface area contributed by atoms with Gasteiger partial charge in [-0.3, -0.25) is 9.59 Å². The van der Waals surface area contributed by atoms with E-state index in [1.165, 1.54) is 0 Å². The Bertz CT molecular complexity index is 462. The monoisotopic (exact) mass is 274 g/mol. The van der Waals surface area contributed by atoms with Gasteiger partial charge in [0.1, 0.15) is 0 Å². The second-order valence-corrected chi connectivity index (χ2v) is 5.40. The van der Waals surface area contributed by atoms with Gasteiger partial charge in [-0.05, 0) is 26.3 Å². The molecular formula is C16H22N2O2. The van der Waals surface area contributed by atoms with Gasteiger partial charge in [-0.25, -0.2) is 0 Å². The van der Waals surface area contributed by atoms with Crippen LogP contribution < -0.4 is 10.6 Å². The van der Waals surface area contributed by atoms with Crippen LogP contribution in [0.5, 0.6) is 0 Å². The van der Waals surface area contributed by atoms with Crippen molar-refractivity contribution < 1.29 is 9.59 Å². The average molecular weight is 274 g/mol. The number of hydrogen-bond donors (Lipinski definition) is 2. The van der Waals surface area contributed by atoms with Crippen LogP contribution in [0.25, 0.3) is 0 Å². The summed E-state index contributed by atoms with van der Waals surface area (Å²) in [5, 5.41) is 6.24. The maximum absolute atomic E-state index is 12.0. The van der Waals surface area contributed by atoms with Crippen LogP contribution in [0.4, 0.5) is 0 Å². The van der Waals surface area contributed by atoms with Crippen molar-refractivity contribution in [2.24, 2.45) is 0 Å². The lowest BCUT2D eigenvalue weighted by atomic mass is 10.0. The minimum Gasteiger partial charge on any atom is -0.352 e. The number of nitrogens with one attached hydrogen (secondary N) is 2. The Morgan fingerprint density at radius 3 is 2.65 bits per heavy atom. The molecule has 1 fully saturated rings. The first kappa shape index (κ1) is 14.7. The lowest BCUT2D eigenvalue weighted by Gasteiger charge is -2.23. The van der Waals surface area contributed by atoms with Crippen LogP contribution in [0.1, 0.15) is 41.6 Å². The molecule has 1 heterocycles. The van der Waals surface area contributed by atoms with Gasteiger partial charge in [0.25, 0.3) is 0 Å². The van der Waals surface area contributed by atoms with Crippen molar-refractivity contribution >= 4 is 11.7 Å². The molecule has 2 N–H and O–H groups in total. The van der Waals surface area contributed by atoms with Crippen LogP contribution in [-0.2, 0) is 4.79 Å². The van der Waals surface area contributed by atoms with Crippen molar-refractivity contribution in [3.63, 3.8) is 0 Å². The number of aryl methyl sites for hydroxylation is 1. The van der Waals surface area contributed by atoms with Crippen LogP contribution in [0.15, 0.2) is 24.3 Å². The molecule has 4 nitrogen and oxygen atoms in total. The van der Waals surface area contributed by atoms with E-state index in [0.29, 0.717) is 5.56 Å². The highest BCUT2D eigenvalue weighted by atomic mass is 16.2. The summed E-state index contributed by atoms with van der Waals surface area (Å²) < 4.78 is 0. The topological polar surface area (TPSA) is 58.2 Å². The summed E-state index contributed by atoms with van der Waals surface area (Å²) in [6.07, 6.45) is 2.65. The molecule has 2 rings (SSSR count). The fraction of sp³-hybridized carbons (Fsp3) is 0.500. The molecule has 0 aliphatic carbocycles. The molecule has 0 unspecified atom stereocenters. The number of rotatable bonds is 5. The zero-order valence-electron chi connectivity index (χ0n) is 11.9. The van der Waals surface area contributed by atoms with Crippen molar-refractivity contribution in [1.82, 2.24) is 10.6 Å². The van der Waals surface area contributed by atoms with E-state index >= 15 is 0 Å². The maximum Gasteiger partial charge on any atom is 0.220 e. The van der Waals surface area contributed by atoms with Crippen molar-refractivity contribution in [2.75, 3.05) is 13.1 Å². The summed E-state index contributed by atoms with van der Waals surface area (Å²) in [4.78, 5) is 23.8. The van der Waals surface area contributed by atoms with E-state index in [9.17, 15) is 9.59 Å². The molecular weight excluding hydrogens is 252 g/mol. The lowest BCUT2D eigenvalue weighted by molar-refractivity contribution is -0.121. The summed E-state index contributed by atoms with van der Waals surface area (Å²) in [5.74, 6) is 0.00100. The molecule has 0 aromatic heterocycles. The van der Waals surface area contributed by atoms with Crippen molar-refractivity contribution in [2.45, 2.75) is 38.6 Å². The zero-order chi connectivity index (χ0) is 14.4. The third-order valence-electron chi connectivity index (χ3n) is 3.61. The number of Topliss-reactive ketones (excluding diaryl/α,β-unsaturated/α-hetero) is 1. The standard InChI is InChI=1S/C16H22N2O2/c1-12-4-6-13(7-5-12)15(19)8-9-16(20)18-14-3-2-10-17-11-14/h4-7,14,17H,2-3,8-11H2,1H3,(H,18,20)/t14-/m0/s1. The van der Waals surface area contributed by atoms with Crippen LogP contribution in [0.2, 0.25) is 0 Å². The van der Waals surface area contributed by atoms with Crippen LogP contribution in [0, 0.1) is 6.92 Å². The minimum atomic E-state index is -0.0286. The van der Waals surface area contributed by atoms with E-state index < -0.39 is 0 Å². The average Bonchev–Trinajstić information content (AvgIpc) is 2.46. The smallest absolute Gasteiger partial charge is 0.220 e. The summed E-state index contributed by atoms with van der Waals surface area (Å²) >= 11 is 0. The van der Waals surface area contributed by atoms with Gasteiger partial charge in [0.15, 0.2) is 5.78 Å². The fourth-order valence-corrected chi connectivity index (χ4v) is 2.39. The molecule has 0 spiro atoms. The van der Waals surface area contributed by atoms with Crippen molar-refractivity contribution in [1.29, 1.82) is 0 Å². The molecule has 0 bridgehead atoms. The molecule has 1 amide bonds. The quantitative estimate of drug-likeness (QED) is 0.805. The summed E-state index contributed by atoms with van der Waals surface area (Å²) in [6.45, 7) is 3.84. The number of piperidine rings is 1. The highest BCUT2D eigenvalue weighted by Gasteiger charge is 2.16. The second kappa shape index (κ2) is 7.20. The van der Waals surface area contributed by atoms with E-state index in [0.717, 1.165) is 31.5 Å². The summed E-state index contributed by atoms with van der Waals surface area (Å²) in [5.41, 5.74) is 1.81. The van der Waals surface area contributed by atoms with Gasteiger partial charge in [-0.1, -0.05) is 29.8 Å². The Labute approximate surface area is 119 Å². The Balaban J connectivity index is 1.75. The molecule has 1 aliphatic heterocycles. The Hall–Kier alpha value is -1.68. The molecule has 0 saturated carbocycles. The molecule has 108 valence electrons. The normalized spacial score (nSPS) is 18.6. The van der Waals surface area contributed by atoms with E-state index in [2.05, 4.69) is 10.6 Å². The number of carbonyl (C=O) groups is 2. The maximum atomic E-state index is 12.0. The van der Waals surface area contributed by atoms with E-state index in [-0.39, 0.29) is 30.6 Å². The molecule has 0 radical (unpaired) electrons. The van der Waals surface area contributed by atoms with Crippen LogP contribution >= 0.6 is 0 Å². The van der Waals surface area contributed by atoms with Crippen molar-refractivity contribution in [3.05, 3.63) is 35.4 Å². The van der Waals surface area contributed by atoms with Gasteiger partial charge in [0.2, 0.25) is 5.91 Å². The number of amides is 1. The minimum absolute atomic E-state index is 0.0286. The molecule has 1 atom stereocenters. The van der Waals surface area contributed by atoms with Crippen LogP contribution in [0.3, 0.4) is 0 Å². The van der Waals surface area contributed by atoms with Gasteiger partial charge in [-0.2, -0.15) is 0 Å². The van der Waals surface area contributed by atoms with Crippen molar-refractivity contribution in [3.8, 4) is 0 Å². The second-order valence-electron chi connectivity index (χ2n) is 5.40. The number of benzene rings is 1. The fourth-order valence-electron chi connectivity index (χ4n) is 2.39. The molecule has 1 aliphatic rings. The Morgan fingerprint density at radius 2 is 2.00 bits per heavy atom. The van der Waals surface area contributed by atoms with Gasteiger partial charge in [0.05, 0.1) is 0 Å². The number of hydrogen-bond acceptors (Lipinski definition) is 3. The highest BCUT2D eigenvalue weighted by molar-refractivity contribution is 5.97. The summed E-state index contributed by atoms with van der Waals surface area (Å²) in [7, 11) is 0. The van der Waals surface area contributed by atoms with Crippen LogP contribution in [-0.4, -0.2) is 30.8 Å². The summed E-state index contributed by atoms with van der Waals surface area (Å²) in [6, 6.07) is 7.69. The highest BCUT2D eigenvalue weighted by Crippen LogP contribution is 2.08. The zero-order valence-corrected chi connectivity index (χ0v) is 11.9. The SMILES string of the molecule is Cc1ccc(C(=O)CCC(=O)N[C@H]2CCCNC2)cc1. The number of carbonyl (C=O) groups excluding carboxylic acids is 2. The lowest BCUT2D eigenvalue weighted by Crippen LogP contribution is -2.45. The van der Waals surface area contributed by atoms with E-state index in [4.69, 9.17) is 0 Å². The Morgan fingerprint density at radius 1 is 1.25 bits per heavy atom. The van der Waals surface area contributed by atoms with Gasteiger partial charge in [0, 0.05) is 31.0 Å². The Kier molecular flexibility index (Phi) is 5.30. The van der Waals surface area contributed by atoms with E-state index in [1.54, 1.807) is 0 Å². The predicted octanol–water partition coefficient (Wildman–Crippen LogP) is 1.83. The largest absolute Gasteiger partial charge is 0.352 e. The van der Waals surface area contributed by atoms with Gasteiger partial charge >= 0.3 is 0 Å². The predicted molar refractivity (Wildman–Crippen MR) is 78.8 cm³/mol. The first-order valence-corrected chi connectivity index (χ1v) is 7.25. The van der Waals surface area contributed by atoms with Gasteiger partial charge < -0.3 is 10.6 Å². The number of ketones is 1. The molecule has 20 heavy (non-hydrogen) atoms. The van der Waals surface area contributed by atoms with Gasteiger partial charge in [-0.15, -0.1) is 0 Å². The molecule has 1 saturated heterocycles. The molecule has 1 aromatic rings. The molecule has 4 heteroatoms. The third-order valence-corrected chi connectivity index (χ3v) is 3.61. The first-order chi connectivity index (χ1) is 9.65. The first-order valence-electron chi connectivity index (χ1n) is 7.25. The third kappa shape index (κ3) is 4.46. The molecule has 1 aromatic carbocycles. The van der Waals surface area contributed by atoms with E-state index in [1.807, 2.05) is 31.2 Å².